The molecule has 0 spiro atoms. The summed E-state index contributed by atoms with van der Waals surface area (Å²) in [6.07, 6.45) is 1.52. The van der Waals surface area contributed by atoms with Gasteiger partial charge in [-0.2, -0.15) is 22.7 Å². The summed E-state index contributed by atoms with van der Waals surface area (Å²) in [5.41, 5.74) is 0.853. The van der Waals surface area contributed by atoms with E-state index in [2.05, 4.69) is 9.93 Å². The molecule has 1 N–H and O–H groups in total. The van der Waals surface area contributed by atoms with E-state index in [-0.39, 0.29) is 0 Å². The number of hydrogen-bond acceptors (Lipinski definition) is 3. The number of hydrogen-bond donors (Lipinski definition) is 1. The second kappa shape index (κ2) is 6.79. The molecule has 90 valence electrons. The van der Waals surface area contributed by atoms with Crippen LogP contribution >= 0.6 is 0 Å². The normalized spacial score (nSPS) is 11.5. The van der Waals surface area contributed by atoms with Gasteiger partial charge in [0.25, 0.3) is 0 Å². The van der Waals surface area contributed by atoms with Gasteiger partial charge in [-0.1, -0.05) is 27.7 Å². The molecule has 5 nitrogen and oxygen atoms in total. The lowest BCUT2D eigenvalue weighted by atomic mass is 10.2. The van der Waals surface area contributed by atoms with E-state index in [4.69, 9.17) is 0 Å². The predicted molar refractivity (Wildman–Crippen MR) is 63.0 cm³/mol. The van der Waals surface area contributed by atoms with Crippen molar-refractivity contribution in [2.75, 3.05) is 13.1 Å². The van der Waals surface area contributed by atoms with Gasteiger partial charge in [0.2, 0.25) is 0 Å². The third-order valence-electron chi connectivity index (χ3n) is 2.18. The summed E-state index contributed by atoms with van der Waals surface area (Å²) in [6.45, 7) is 8.41. The third kappa shape index (κ3) is 4.61. The van der Waals surface area contributed by atoms with Gasteiger partial charge in [0.1, 0.15) is 0 Å². The van der Waals surface area contributed by atoms with Crippen molar-refractivity contribution in [3.63, 3.8) is 0 Å². The summed E-state index contributed by atoms with van der Waals surface area (Å²) in [4.78, 5) is 2.25. The standard InChI is InChI=1S/C9H21N3O2S/c1-5-9(6-2)10-11-15(13,14)12(7-3)8-4/h11H,5-8H2,1-4H3. The summed E-state index contributed by atoms with van der Waals surface area (Å²) in [7, 11) is -3.44. The van der Waals surface area contributed by atoms with Crippen LogP contribution in [0.15, 0.2) is 5.10 Å². The van der Waals surface area contributed by atoms with Gasteiger partial charge in [0, 0.05) is 18.8 Å². The molecule has 0 unspecified atom stereocenters. The first-order chi connectivity index (χ1) is 7.01. The van der Waals surface area contributed by atoms with Crippen LogP contribution in [0.2, 0.25) is 0 Å². The fraction of sp³-hybridized carbons (Fsp3) is 0.889. The van der Waals surface area contributed by atoms with E-state index in [1.54, 1.807) is 13.8 Å². The Morgan fingerprint density at radius 2 is 1.60 bits per heavy atom. The summed E-state index contributed by atoms with van der Waals surface area (Å²) < 4.78 is 24.6. The van der Waals surface area contributed by atoms with Crippen molar-refractivity contribution in [3.8, 4) is 0 Å². The van der Waals surface area contributed by atoms with Crippen LogP contribution in [0.3, 0.4) is 0 Å². The van der Waals surface area contributed by atoms with E-state index in [0.717, 1.165) is 18.6 Å². The maximum absolute atomic E-state index is 11.6. The fourth-order valence-electron chi connectivity index (χ4n) is 1.15. The van der Waals surface area contributed by atoms with Gasteiger partial charge in [-0.25, -0.2) is 0 Å². The first kappa shape index (κ1) is 14.4. The van der Waals surface area contributed by atoms with Crippen LogP contribution in [0.4, 0.5) is 0 Å². The maximum Gasteiger partial charge on any atom is 0.316 e. The molecule has 0 aromatic heterocycles. The molecule has 0 saturated carbocycles. The first-order valence-electron chi connectivity index (χ1n) is 5.34. The zero-order valence-electron chi connectivity index (χ0n) is 9.95. The largest absolute Gasteiger partial charge is 0.316 e. The Balaban J connectivity index is 4.57. The maximum atomic E-state index is 11.6. The van der Waals surface area contributed by atoms with Crippen LogP contribution < -0.4 is 4.83 Å². The number of hydrazone groups is 1. The average molecular weight is 235 g/mol. The molecule has 0 aliphatic carbocycles. The predicted octanol–water partition coefficient (Wildman–Crippen LogP) is 1.34. The number of rotatable bonds is 7. The average Bonchev–Trinajstić information content (AvgIpc) is 2.20. The van der Waals surface area contributed by atoms with Crippen molar-refractivity contribution >= 4 is 15.9 Å². The van der Waals surface area contributed by atoms with Crippen LogP contribution in [0.25, 0.3) is 0 Å². The van der Waals surface area contributed by atoms with Crippen LogP contribution in [0.5, 0.6) is 0 Å². The van der Waals surface area contributed by atoms with Crippen molar-refractivity contribution < 1.29 is 8.42 Å². The van der Waals surface area contributed by atoms with E-state index in [1.807, 2.05) is 13.8 Å². The minimum atomic E-state index is -3.44. The van der Waals surface area contributed by atoms with Crippen LogP contribution in [-0.2, 0) is 10.2 Å². The quantitative estimate of drug-likeness (QED) is 0.534. The molecule has 0 saturated heterocycles. The summed E-state index contributed by atoms with van der Waals surface area (Å²) >= 11 is 0. The van der Waals surface area contributed by atoms with Gasteiger partial charge in [-0.3, -0.25) is 0 Å². The van der Waals surface area contributed by atoms with Gasteiger partial charge in [-0.05, 0) is 12.8 Å². The van der Waals surface area contributed by atoms with E-state index in [0.29, 0.717) is 13.1 Å². The fourth-order valence-corrected chi connectivity index (χ4v) is 2.19. The van der Waals surface area contributed by atoms with E-state index >= 15 is 0 Å². The molecule has 0 aromatic carbocycles. The van der Waals surface area contributed by atoms with Crippen LogP contribution in [0, 0.1) is 0 Å². The van der Waals surface area contributed by atoms with Gasteiger partial charge < -0.3 is 0 Å². The molecule has 0 fully saturated rings. The Morgan fingerprint density at radius 1 is 1.13 bits per heavy atom. The molecular weight excluding hydrogens is 214 g/mol. The van der Waals surface area contributed by atoms with Crippen molar-refractivity contribution in [2.24, 2.45) is 5.10 Å². The van der Waals surface area contributed by atoms with Crippen molar-refractivity contribution in [2.45, 2.75) is 40.5 Å². The van der Waals surface area contributed by atoms with Gasteiger partial charge >= 0.3 is 10.2 Å². The highest BCUT2D eigenvalue weighted by Gasteiger charge is 2.17. The SMILES string of the molecule is CCC(CC)=NNS(=O)(=O)N(CC)CC. The molecule has 0 rings (SSSR count). The molecule has 0 aromatic rings. The third-order valence-corrected chi connectivity index (χ3v) is 3.70. The molecular formula is C9H21N3O2S. The first-order valence-corrected chi connectivity index (χ1v) is 6.78. The molecule has 0 amide bonds. The smallest absolute Gasteiger partial charge is 0.191 e. The highest BCUT2D eigenvalue weighted by Crippen LogP contribution is 1.98. The molecule has 15 heavy (non-hydrogen) atoms. The molecule has 6 heteroatoms. The molecule has 0 aliphatic heterocycles. The van der Waals surface area contributed by atoms with Crippen LogP contribution in [0.1, 0.15) is 40.5 Å². The summed E-state index contributed by atoms with van der Waals surface area (Å²) in [6, 6.07) is 0. The second-order valence-electron chi connectivity index (χ2n) is 3.07. The lowest BCUT2D eigenvalue weighted by molar-refractivity contribution is 0.436. The number of nitrogens with zero attached hydrogens (tertiary/aromatic N) is 2. The Morgan fingerprint density at radius 3 is 1.93 bits per heavy atom. The van der Waals surface area contributed by atoms with Gasteiger partial charge in [-0.15, -0.1) is 0 Å². The topological polar surface area (TPSA) is 61.8 Å². The van der Waals surface area contributed by atoms with Crippen molar-refractivity contribution in [3.05, 3.63) is 0 Å². The molecule has 0 bridgehead atoms. The Bertz CT molecular complexity index is 288. The lowest BCUT2D eigenvalue weighted by Gasteiger charge is -2.17. The van der Waals surface area contributed by atoms with Gasteiger partial charge in [0.15, 0.2) is 0 Å². The zero-order valence-corrected chi connectivity index (χ0v) is 10.8. The summed E-state index contributed by atoms with van der Waals surface area (Å²) in [5, 5.41) is 3.89. The minimum Gasteiger partial charge on any atom is -0.191 e. The van der Waals surface area contributed by atoms with E-state index in [1.165, 1.54) is 4.31 Å². The Hall–Kier alpha value is -0.620. The highest BCUT2D eigenvalue weighted by molar-refractivity contribution is 7.87. The van der Waals surface area contributed by atoms with Gasteiger partial charge in [0.05, 0.1) is 0 Å². The Kier molecular flexibility index (Phi) is 6.51. The second-order valence-corrected chi connectivity index (χ2v) is 4.71. The van der Waals surface area contributed by atoms with E-state index in [9.17, 15) is 8.42 Å². The molecule has 0 heterocycles. The summed E-state index contributed by atoms with van der Waals surface area (Å²) in [5.74, 6) is 0. The van der Waals surface area contributed by atoms with Crippen molar-refractivity contribution in [1.82, 2.24) is 9.14 Å². The monoisotopic (exact) mass is 235 g/mol. The number of nitrogens with one attached hydrogen (secondary N) is 1. The van der Waals surface area contributed by atoms with E-state index < -0.39 is 10.2 Å². The van der Waals surface area contributed by atoms with Crippen molar-refractivity contribution in [1.29, 1.82) is 0 Å². The zero-order chi connectivity index (χ0) is 11.9. The van der Waals surface area contributed by atoms with Crippen LogP contribution in [-0.4, -0.2) is 31.5 Å². The molecule has 0 atom stereocenters. The highest BCUT2D eigenvalue weighted by atomic mass is 32.2. The minimum absolute atomic E-state index is 0.453. The Labute approximate surface area is 92.7 Å². The molecule has 0 radical (unpaired) electrons. The lowest BCUT2D eigenvalue weighted by Crippen LogP contribution is -2.38. The molecule has 0 aliphatic rings.